The first-order chi connectivity index (χ1) is 7.29. The lowest BCUT2D eigenvalue weighted by molar-refractivity contribution is -0.117. The molecule has 1 atom stereocenters. The maximum Gasteiger partial charge on any atom is 0.105 e. The lowest BCUT2D eigenvalue weighted by Gasteiger charge is -2.50. The van der Waals surface area contributed by atoms with Gasteiger partial charge in [0.2, 0.25) is 0 Å². The van der Waals surface area contributed by atoms with Crippen molar-refractivity contribution < 1.29 is 5.11 Å². The third-order valence-corrected chi connectivity index (χ3v) is 4.00. The summed E-state index contributed by atoms with van der Waals surface area (Å²) in [6, 6.07) is 10.2. The number of aliphatic hydroxyl groups is 1. The van der Waals surface area contributed by atoms with Crippen molar-refractivity contribution >= 4 is 0 Å². The van der Waals surface area contributed by atoms with Crippen LogP contribution < -0.4 is 0 Å². The predicted octanol–water partition coefficient (Wildman–Crippen LogP) is 1.60. The second-order valence-corrected chi connectivity index (χ2v) is 4.84. The van der Waals surface area contributed by atoms with E-state index in [-0.39, 0.29) is 0 Å². The van der Waals surface area contributed by atoms with Crippen molar-refractivity contribution in [3.05, 3.63) is 35.9 Å². The molecule has 80 valence electrons. The average Bonchev–Trinajstić information content (AvgIpc) is 2.31. The number of hydrogen-bond acceptors (Lipinski definition) is 2. The highest BCUT2D eigenvalue weighted by molar-refractivity contribution is 5.25. The van der Waals surface area contributed by atoms with Gasteiger partial charge in [0, 0.05) is 6.54 Å². The first-order valence-corrected chi connectivity index (χ1v) is 5.79. The van der Waals surface area contributed by atoms with E-state index in [0.717, 1.165) is 24.9 Å². The van der Waals surface area contributed by atoms with Gasteiger partial charge in [0.15, 0.2) is 0 Å². The Bertz CT molecular complexity index is 343. The molecule has 0 radical (unpaired) electrons. The van der Waals surface area contributed by atoms with Crippen LogP contribution in [-0.2, 0) is 5.60 Å². The summed E-state index contributed by atoms with van der Waals surface area (Å²) >= 11 is 0. The number of benzene rings is 1. The van der Waals surface area contributed by atoms with Crippen LogP contribution in [0, 0.1) is 5.92 Å². The largest absolute Gasteiger partial charge is 0.384 e. The van der Waals surface area contributed by atoms with Crippen LogP contribution in [0.15, 0.2) is 30.3 Å². The zero-order valence-corrected chi connectivity index (χ0v) is 8.89. The average molecular weight is 203 g/mol. The van der Waals surface area contributed by atoms with Crippen molar-refractivity contribution in [2.75, 3.05) is 19.6 Å². The Morgan fingerprint density at radius 1 is 1.13 bits per heavy atom. The van der Waals surface area contributed by atoms with Gasteiger partial charge in [-0.25, -0.2) is 0 Å². The summed E-state index contributed by atoms with van der Waals surface area (Å²) < 4.78 is 0. The van der Waals surface area contributed by atoms with Crippen LogP contribution in [0.3, 0.4) is 0 Å². The number of fused-ring (bicyclic) bond motifs is 3. The highest BCUT2D eigenvalue weighted by Crippen LogP contribution is 2.42. The molecule has 3 aliphatic heterocycles. The third-order valence-electron chi connectivity index (χ3n) is 4.00. The topological polar surface area (TPSA) is 23.5 Å². The molecule has 2 nitrogen and oxygen atoms in total. The molecule has 1 aromatic carbocycles. The molecule has 0 spiro atoms. The highest BCUT2D eigenvalue weighted by atomic mass is 16.3. The minimum absolute atomic E-state index is 0.463. The molecule has 2 heteroatoms. The van der Waals surface area contributed by atoms with E-state index in [1.54, 1.807) is 0 Å². The van der Waals surface area contributed by atoms with Gasteiger partial charge in [-0.1, -0.05) is 30.3 Å². The molecule has 3 aliphatic rings. The standard InChI is InChI=1S/C13H17NO/c15-13(11-4-2-1-3-5-11)10-14-8-6-12(13)7-9-14/h1-5,12,15H,6-10H2/t13-/m1/s1. The number of rotatable bonds is 1. The molecule has 0 unspecified atom stereocenters. The van der Waals surface area contributed by atoms with Gasteiger partial charge in [-0.3, -0.25) is 0 Å². The Morgan fingerprint density at radius 3 is 2.33 bits per heavy atom. The molecule has 2 bridgehead atoms. The van der Waals surface area contributed by atoms with Gasteiger partial charge in [-0.15, -0.1) is 0 Å². The van der Waals surface area contributed by atoms with Crippen molar-refractivity contribution in [3.63, 3.8) is 0 Å². The van der Waals surface area contributed by atoms with E-state index in [1.165, 1.54) is 13.1 Å². The lowest BCUT2D eigenvalue weighted by Crippen LogP contribution is -2.57. The quantitative estimate of drug-likeness (QED) is 0.749. The number of hydrogen-bond donors (Lipinski definition) is 1. The molecular formula is C13H17NO. The molecular weight excluding hydrogens is 186 g/mol. The predicted molar refractivity (Wildman–Crippen MR) is 59.5 cm³/mol. The van der Waals surface area contributed by atoms with E-state index < -0.39 is 5.60 Å². The van der Waals surface area contributed by atoms with Crippen molar-refractivity contribution in [1.82, 2.24) is 4.90 Å². The molecule has 1 N–H and O–H groups in total. The Morgan fingerprint density at radius 2 is 1.80 bits per heavy atom. The molecule has 1 aromatic rings. The van der Waals surface area contributed by atoms with E-state index >= 15 is 0 Å². The molecule has 15 heavy (non-hydrogen) atoms. The van der Waals surface area contributed by atoms with Crippen molar-refractivity contribution in [2.45, 2.75) is 18.4 Å². The lowest BCUT2D eigenvalue weighted by atomic mass is 9.72. The summed E-state index contributed by atoms with van der Waals surface area (Å²) in [6.07, 6.45) is 2.29. The van der Waals surface area contributed by atoms with Gasteiger partial charge in [0.25, 0.3) is 0 Å². The normalized spacial score (nSPS) is 39.3. The molecule has 3 saturated heterocycles. The smallest absolute Gasteiger partial charge is 0.105 e. The van der Waals surface area contributed by atoms with Crippen LogP contribution in [0.2, 0.25) is 0 Å². The van der Waals surface area contributed by atoms with Crippen LogP contribution in [0.25, 0.3) is 0 Å². The van der Waals surface area contributed by atoms with Gasteiger partial charge < -0.3 is 10.0 Å². The van der Waals surface area contributed by atoms with Crippen LogP contribution in [0.1, 0.15) is 18.4 Å². The first kappa shape index (κ1) is 9.37. The summed E-state index contributed by atoms with van der Waals surface area (Å²) in [5.41, 5.74) is 0.511. The first-order valence-electron chi connectivity index (χ1n) is 5.79. The van der Waals surface area contributed by atoms with Crippen molar-refractivity contribution in [2.24, 2.45) is 5.92 Å². The molecule has 0 aliphatic carbocycles. The van der Waals surface area contributed by atoms with Gasteiger partial charge >= 0.3 is 0 Å². The molecule has 0 aromatic heterocycles. The van der Waals surface area contributed by atoms with Gasteiger partial charge in [0.05, 0.1) is 0 Å². The second kappa shape index (κ2) is 3.32. The fourth-order valence-electron chi connectivity index (χ4n) is 3.09. The third kappa shape index (κ3) is 1.40. The summed E-state index contributed by atoms with van der Waals surface area (Å²) in [6.45, 7) is 3.15. The Kier molecular flexibility index (Phi) is 2.08. The van der Waals surface area contributed by atoms with Crippen LogP contribution in [0.5, 0.6) is 0 Å². The molecule has 3 fully saturated rings. The summed E-state index contributed by atoms with van der Waals surface area (Å²) in [5.74, 6) is 0.463. The summed E-state index contributed by atoms with van der Waals surface area (Å²) in [5, 5.41) is 10.8. The van der Waals surface area contributed by atoms with Crippen LogP contribution in [0.4, 0.5) is 0 Å². The minimum Gasteiger partial charge on any atom is -0.384 e. The fourth-order valence-corrected chi connectivity index (χ4v) is 3.09. The van der Waals surface area contributed by atoms with E-state index in [4.69, 9.17) is 0 Å². The minimum atomic E-state index is -0.586. The molecule has 0 amide bonds. The van der Waals surface area contributed by atoms with Gasteiger partial charge in [0.1, 0.15) is 5.60 Å². The fraction of sp³-hybridized carbons (Fsp3) is 0.538. The van der Waals surface area contributed by atoms with E-state index in [2.05, 4.69) is 17.0 Å². The monoisotopic (exact) mass is 203 g/mol. The highest BCUT2D eigenvalue weighted by Gasteiger charge is 2.46. The Hall–Kier alpha value is -0.860. The van der Waals surface area contributed by atoms with E-state index in [0.29, 0.717) is 5.92 Å². The van der Waals surface area contributed by atoms with Crippen molar-refractivity contribution in [3.8, 4) is 0 Å². The van der Waals surface area contributed by atoms with Gasteiger partial charge in [-0.2, -0.15) is 0 Å². The summed E-state index contributed by atoms with van der Waals surface area (Å²) in [7, 11) is 0. The molecule has 0 saturated carbocycles. The maximum absolute atomic E-state index is 10.8. The van der Waals surface area contributed by atoms with Crippen LogP contribution >= 0.6 is 0 Å². The SMILES string of the molecule is O[C@@]1(c2ccccc2)CN2CCC1CC2. The molecule has 3 heterocycles. The number of nitrogens with zero attached hydrogens (tertiary/aromatic N) is 1. The second-order valence-electron chi connectivity index (χ2n) is 4.84. The number of piperidine rings is 3. The van der Waals surface area contributed by atoms with E-state index in [9.17, 15) is 5.11 Å². The maximum atomic E-state index is 10.8. The van der Waals surface area contributed by atoms with Crippen LogP contribution in [-0.4, -0.2) is 29.6 Å². The molecule has 4 rings (SSSR count). The zero-order valence-electron chi connectivity index (χ0n) is 8.89. The summed E-state index contributed by atoms with van der Waals surface area (Å²) in [4.78, 5) is 2.38. The van der Waals surface area contributed by atoms with Crippen molar-refractivity contribution in [1.29, 1.82) is 0 Å². The zero-order chi connectivity index (χ0) is 10.3. The van der Waals surface area contributed by atoms with E-state index in [1.807, 2.05) is 18.2 Å². The Balaban J connectivity index is 1.97. The van der Waals surface area contributed by atoms with Gasteiger partial charge in [-0.05, 0) is 37.4 Å². The Labute approximate surface area is 90.5 Å².